The van der Waals surface area contributed by atoms with Crippen LogP contribution in [-0.2, 0) is 6.42 Å². The summed E-state index contributed by atoms with van der Waals surface area (Å²) in [5, 5.41) is 0. The number of piperidine rings is 1. The van der Waals surface area contributed by atoms with E-state index in [1.807, 2.05) is 12.4 Å². The molecule has 2 aromatic heterocycles. The summed E-state index contributed by atoms with van der Waals surface area (Å²) in [6.45, 7) is 5.44. The molecule has 0 N–H and O–H groups in total. The molecule has 3 heterocycles. The number of hydrogen-bond donors (Lipinski definition) is 0. The van der Waals surface area contributed by atoms with E-state index in [0.717, 1.165) is 43.6 Å². The topological polar surface area (TPSA) is 45.2 Å². The van der Waals surface area contributed by atoms with E-state index in [2.05, 4.69) is 56.9 Å². The summed E-state index contributed by atoms with van der Waals surface area (Å²) < 4.78 is 0. The van der Waals surface area contributed by atoms with E-state index in [0.29, 0.717) is 0 Å². The standard InChI is InChI=1S/C18H25N5/c1-15-4-3-10-23(13-15)18-12-17(20-14-21-18)22(2)11-7-16-5-8-19-9-6-16/h5-6,8-9,12,14-15H,3-4,7,10-11,13H2,1-2H3. The van der Waals surface area contributed by atoms with Gasteiger partial charge in [0.05, 0.1) is 0 Å². The van der Waals surface area contributed by atoms with Crippen LogP contribution in [-0.4, -0.2) is 41.6 Å². The first-order chi connectivity index (χ1) is 11.2. The maximum atomic E-state index is 4.48. The van der Waals surface area contributed by atoms with Gasteiger partial charge < -0.3 is 9.80 Å². The van der Waals surface area contributed by atoms with Crippen LogP contribution in [0.3, 0.4) is 0 Å². The third-order valence-electron chi connectivity index (χ3n) is 4.50. The van der Waals surface area contributed by atoms with Crippen molar-refractivity contribution in [3.05, 3.63) is 42.5 Å². The first kappa shape index (κ1) is 15.7. The van der Waals surface area contributed by atoms with Crippen molar-refractivity contribution in [1.82, 2.24) is 15.0 Å². The summed E-state index contributed by atoms with van der Waals surface area (Å²) in [6, 6.07) is 6.24. The molecule has 1 fully saturated rings. The zero-order valence-electron chi connectivity index (χ0n) is 14.0. The van der Waals surface area contributed by atoms with Crippen molar-refractivity contribution in [2.75, 3.05) is 36.5 Å². The van der Waals surface area contributed by atoms with Gasteiger partial charge in [-0.15, -0.1) is 0 Å². The van der Waals surface area contributed by atoms with Gasteiger partial charge in [0.2, 0.25) is 0 Å². The summed E-state index contributed by atoms with van der Waals surface area (Å²) in [5.74, 6) is 2.78. The average Bonchev–Trinajstić information content (AvgIpc) is 2.61. The molecule has 0 amide bonds. The number of pyridine rings is 1. The number of anilines is 2. The molecule has 23 heavy (non-hydrogen) atoms. The highest BCUT2D eigenvalue weighted by Gasteiger charge is 2.18. The van der Waals surface area contributed by atoms with Crippen LogP contribution >= 0.6 is 0 Å². The Balaban J connectivity index is 1.64. The Labute approximate surface area is 138 Å². The van der Waals surface area contributed by atoms with Crippen molar-refractivity contribution in [3.8, 4) is 0 Å². The quantitative estimate of drug-likeness (QED) is 0.849. The summed E-state index contributed by atoms with van der Waals surface area (Å²) in [6.07, 6.45) is 8.93. The lowest BCUT2D eigenvalue weighted by atomic mass is 10.0. The largest absolute Gasteiger partial charge is 0.359 e. The molecular formula is C18H25N5. The molecule has 0 bridgehead atoms. The fourth-order valence-electron chi connectivity index (χ4n) is 3.08. The first-order valence-electron chi connectivity index (χ1n) is 8.39. The van der Waals surface area contributed by atoms with E-state index in [1.165, 1.54) is 18.4 Å². The summed E-state index contributed by atoms with van der Waals surface area (Å²) in [7, 11) is 2.09. The van der Waals surface area contributed by atoms with Crippen molar-refractivity contribution < 1.29 is 0 Å². The highest BCUT2D eigenvalue weighted by Crippen LogP contribution is 2.23. The normalized spacial score (nSPS) is 18.0. The van der Waals surface area contributed by atoms with Crippen molar-refractivity contribution in [1.29, 1.82) is 0 Å². The SMILES string of the molecule is CC1CCCN(c2cc(N(C)CCc3ccncc3)ncn2)C1. The summed E-state index contributed by atoms with van der Waals surface area (Å²) in [4.78, 5) is 17.6. The Hall–Kier alpha value is -2.17. The van der Waals surface area contributed by atoms with Gasteiger partial charge in [-0.1, -0.05) is 6.92 Å². The molecule has 1 unspecified atom stereocenters. The number of hydrogen-bond acceptors (Lipinski definition) is 5. The Morgan fingerprint density at radius 3 is 2.87 bits per heavy atom. The third-order valence-corrected chi connectivity index (χ3v) is 4.50. The van der Waals surface area contributed by atoms with E-state index < -0.39 is 0 Å². The molecule has 1 aliphatic heterocycles. The Bertz CT molecular complexity index is 616. The molecule has 0 aliphatic carbocycles. The second-order valence-electron chi connectivity index (χ2n) is 6.45. The molecule has 0 spiro atoms. The molecule has 2 aromatic rings. The highest BCUT2D eigenvalue weighted by atomic mass is 15.2. The van der Waals surface area contributed by atoms with Crippen LogP contribution < -0.4 is 9.80 Å². The lowest BCUT2D eigenvalue weighted by Gasteiger charge is -2.32. The minimum Gasteiger partial charge on any atom is -0.359 e. The van der Waals surface area contributed by atoms with Gasteiger partial charge in [-0.3, -0.25) is 4.98 Å². The fraction of sp³-hybridized carbons (Fsp3) is 0.500. The lowest BCUT2D eigenvalue weighted by molar-refractivity contribution is 0.444. The molecule has 3 rings (SSSR count). The van der Waals surface area contributed by atoms with E-state index in [1.54, 1.807) is 6.33 Å². The van der Waals surface area contributed by atoms with E-state index in [4.69, 9.17) is 0 Å². The molecule has 0 saturated carbocycles. The first-order valence-corrected chi connectivity index (χ1v) is 8.39. The van der Waals surface area contributed by atoms with Crippen LogP contribution in [0.1, 0.15) is 25.3 Å². The van der Waals surface area contributed by atoms with Crippen LogP contribution in [0.5, 0.6) is 0 Å². The van der Waals surface area contributed by atoms with Crippen molar-refractivity contribution in [3.63, 3.8) is 0 Å². The van der Waals surface area contributed by atoms with Gasteiger partial charge in [-0.2, -0.15) is 0 Å². The summed E-state index contributed by atoms with van der Waals surface area (Å²) in [5.41, 5.74) is 1.30. The van der Waals surface area contributed by atoms with Crippen molar-refractivity contribution >= 4 is 11.6 Å². The second kappa shape index (κ2) is 7.40. The van der Waals surface area contributed by atoms with Gasteiger partial charge >= 0.3 is 0 Å². The van der Waals surface area contributed by atoms with Crippen molar-refractivity contribution in [2.45, 2.75) is 26.2 Å². The monoisotopic (exact) mass is 311 g/mol. The van der Waals surface area contributed by atoms with Crippen molar-refractivity contribution in [2.24, 2.45) is 5.92 Å². The summed E-state index contributed by atoms with van der Waals surface area (Å²) >= 11 is 0. The predicted octanol–water partition coefficient (Wildman–Crippen LogP) is 2.79. The molecule has 1 aliphatic rings. The molecule has 5 nitrogen and oxygen atoms in total. The van der Waals surface area contributed by atoms with E-state index >= 15 is 0 Å². The van der Waals surface area contributed by atoms with Gasteiger partial charge in [0, 0.05) is 45.1 Å². The minimum atomic E-state index is 0.742. The minimum absolute atomic E-state index is 0.742. The molecule has 1 saturated heterocycles. The van der Waals surface area contributed by atoms with Crippen LogP contribution in [0, 0.1) is 5.92 Å². The zero-order chi connectivity index (χ0) is 16.1. The number of rotatable bonds is 5. The van der Waals surface area contributed by atoms with Crippen LogP contribution in [0.4, 0.5) is 11.6 Å². The number of aromatic nitrogens is 3. The molecule has 5 heteroatoms. The Kier molecular flexibility index (Phi) is 5.05. The van der Waals surface area contributed by atoms with Crippen LogP contribution in [0.25, 0.3) is 0 Å². The van der Waals surface area contributed by atoms with Crippen LogP contribution in [0.15, 0.2) is 36.9 Å². The lowest BCUT2D eigenvalue weighted by Crippen LogP contribution is -2.35. The molecular weight excluding hydrogens is 286 g/mol. The predicted molar refractivity (Wildman–Crippen MR) is 93.9 cm³/mol. The van der Waals surface area contributed by atoms with Gasteiger partial charge in [0.1, 0.15) is 18.0 Å². The number of likely N-dealkylation sites (N-methyl/N-ethyl adjacent to an activating group) is 1. The smallest absolute Gasteiger partial charge is 0.134 e. The Morgan fingerprint density at radius 1 is 1.26 bits per heavy atom. The molecule has 0 aromatic carbocycles. The van der Waals surface area contributed by atoms with Gasteiger partial charge in [0.15, 0.2) is 0 Å². The van der Waals surface area contributed by atoms with E-state index in [-0.39, 0.29) is 0 Å². The average molecular weight is 311 g/mol. The molecule has 0 radical (unpaired) electrons. The van der Waals surface area contributed by atoms with Gasteiger partial charge in [0.25, 0.3) is 0 Å². The van der Waals surface area contributed by atoms with Crippen LogP contribution in [0.2, 0.25) is 0 Å². The van der Waals surface area contributed by atoms with Gasteiger partial charge in [-0.25, -0.2) is 9.97 Å². The highest BCUT2D eigenvalue weighted by molar-refractivity contribution is 5.50. The third kappa shape index (κ3) is 4.18. The maximum Gasteiger partial charge on any atom is 0.134 e. The Morgan fingerprint density at radius 2 is 2.09 bits per heavy atom. The molecule has 122 valence electrons. The second-order valence-corrected chi connectivity index (χ2v) is 6.45. The fourth-order valence-corrected chi connectivity index (χ4v) is 3.08. The molecule has 1 atom stereocenters. The van der Waals surface area contributed by atoms with E-state index in [9.17, 15) is 0 Å². The zero-order valence-corrected chi connectivity index (χ0v) is 14.0. The number of nitrogens with zero attached hydrogens (tertiary/aromatic N) is 5. The van der Waals surface area contributed by atoms with Gasteiger partial charge in [-0.05, 0) is 42.9 Å². The maximum absolute atomic E-state index is 4.48.